The number of likely N-dealkylation sites (N-methyl/N-ethyl adjacent to an activating group) is 2. The normalized spacial score (nSPS) is 9.27. The average Bonchev–Trinajstić information content (AvgIpc) is 1.89. The van der Waals surface area contributed by atoms with Crippen LogP contribution >= 0.6 is 0 Å². The first kappa shape index (κ1) is 13.5. The third-order valence-electron chi connectivity index (χ3n) is 0.986. The van der Waals surface area contributed by atoms with E-state index in [1.165, 1.54) is 6.42 Å². The molecule has 0 fully saturated rings. The summed E-state index contributed by atoms with van der Waals surface area (Å²) in [5, 5.41) is 3.24. The lowest BCUT2D eigenvalue weighted by atomic mass is 10.5. The maximum Gasteiger partial charge on any atom is 0.0101 e. The van der Waals surface area contributed by atoms with E-state index in [0.717, 1.165) is 19.6 Å². The molecular formula is C9H24N2. The molecule has 0 heterocycles. The van der Waals surface area contributed by atoms with Crippen molar-refractivity contribution in [2.24, 2.45) is 0 Å². The monoisotopic (exact) mass is 160 g/mol. The number of nitrogens with zero attached hydrogens (tertiary/aromatic N) is 1. The van der Waals surface area contributed by atoms with E-state index < -0.39 is 0 Å². The Bertz CT molecular complexity index is 53.5. The van der Waals surface area contributed by atoms with Gasteiger partial charge in [-0.1, -0.05) is 27.2 Å². The van der Waals surface area contributed by atoms with Crippen LogP contribution in [0.4, 0.5) is 0 Å². The smallest absolute Gasteiger partial charge is 0.0101 e. The van der Waals surface area contributed by atoms with Crippen LogP contribution in [0.1, 0.15) is 27.2 Å². The fourth-order valence-corrected chi connectivity index (χ4v) is 0.479. The van der Waals surface area contributed by atoms with Gasteiger partial charge in [0, 0.05) is 13.1 Å². The van der Waals surface area contributed by atoms with Crippen molar-refractivity contribution in [2.45, 2.75) is 27.2 Å². The molecule has 2 nitrogen and oxygen atoms in total. The minimum absolute atomic E-state index is 1.08. The number of hydrogen-bond acceptors (Lipinski definition) is 2. The summed E-state index contributed by atoms with van der Waals surface area (Å²) in [5.41, 5.74) is 0. The van der Waals surface area contributed by atoms with E-state index in [9.17, 15) is 0 Å². The minimum Gasteiger partial charge on any atom is -0.316 e. The fourth-order valence-electron chi connectivity index (χ4n) is 0.479. The molecule has 0 saturated carbocycles. The molecule has 0 unspecified atom stereocenters. The molecule has 0 bridgehead atoms. The van der Waals surface area contributed by atoms with Gasteiger partial charge < -0.3 is 10.2 Å². The van der Waals surface area contributed by atoms with E-state index >= 15 is 0 Å². The van der Waals surface area contributed by atoms with Crippen LogP contribution in [0.2, 0.25) is 0 Å². The summed E-state index contributed by atoms with van der Waals surface area (Å²) < 4.78 is 0. The zero-order valence-corrected chi connectivity index (χ0v) is 8.78. The predicted molar refractivity (Wildman–Crippen MR) is 53.1 cm³/mol. The quantitative estimate of drug-likeness (QED) is 0.628. The second-order valence-corrected chi connectivity index (χ2v) is 2.86. The van der Waals surface area contributed by atoms with Gasteiger partial charge in [-0.2, -0.15) is 0 Å². The zero-order valence-electron chi connectivity index (χ0n) is 8.78. The molecule has 2 heteroatoms. The fraction of sp³-hybridized carbons (Fsp3) is 1.00. The summed E-state index contributed by atoms with van der Waals surface area (Å²) in [5.74, 6) is 0. The van der Waals surface area contributed by atoms with Gasteiger partial charge in [0.15, 0.2) is 0 Å². The lowest BCUT2D eigenvalue weighted by Crippen LogP contribution is -2.26. The first-order chi connectivity index (χ1) is 5.18. The first-order valence-electron chi connectivity index (χ1n) is 4.54. The van der Waals surface area contributed by atoms with E-state index in [2.05, 4.69) is 45.1 Å². The molecule has 0 radical (unpaired) electrons. The minimum atomic E-state index is 1.08. The predicted octanol–water partition coefficient (Wildman–Crippen LogP) is 1.57. The van der Waals surface area contributed by atoms with Crippen LogP contribution in [0.3, 0.4) is 0 Å². The largest absolute Gasteiger partial charge is 0.316 e. The second kappa shape index (κ2) is 12.6. The van der Waals surface area contributed by atoms with Gasteiger partial charge in [0.05, 0.1) is 0 Å². The lowest BCUT2D eigenvalue weighted by Gasteiger charge is -2.08. The molecule has 0 rings (SSSR count). The van der Waals surface area contributed by atoms with E-state index in [0.29, 0.717) is 0 Å². The van der Waals surface area contributed by atoms with Crippen LogP contribution in [-0.4, -0.2) is 38.6 Å². The van der Waals surface area contributed by atoms with E-state index in [4.69, 9.17) is 0 Å². The van der Waals surface area contributed by atoms with Crippen molar-refractivity contribution < 1.29 is 0 Å². The molecule has 0 aromatic carbocycles. The zero-order chi connectivity index (χ0) is 9.11. The van der Waals surface area contributed by atoms with Crippen LogP contribution in [0.5, 0.6) is 0 Å². The summed E-state index contributed by atoms with van der Waals surface area (Å²) in [6, 6.07) is 0. The van der Waals surface area contributed by atoms with Crippen LogP contribution in [-0.2, 0) is 0 Å². The Morgan fingerprint density at radius 1 is 1.09 bits per heavy atom. The molecular weight excluding hydrogens is 136 g/mol. The highest BCUT2D eigenvalue weighted by Gasteiger charge is 1.84. The highest BCUT2D eigenvalue weighted by molar-refractivity contribution is 4.45. The molecule has 0 atom stereocenters. The lowest BCUT2D eigenvalue weighted by molar-refractivity contribution is 0.402. The van der Waals surface area contributed by atoms with Crippen molar-refractivity contribution in [3.63, 3.8) is 0 Å². The highest BCUT2D eigenvalue weighted by Crippen LogP contribution is 1.68. The third kappa shape index (κ3) is 25.7. The van der Waals surface area contributed by atoms with Gasteiger partial charge in [-0.3, -0.25) is 0 Å². The molecule has 0 saturated heterocycles. The van der Waals surface area contributed by atoms with Crippen molar-refractivity contribution in [1.29, 1.82) is 0 Å². The van der Waals surface area contributed by atoms with Gasteiger partial charge in [0.1, 0.15) is 0 Å². The highest BCUT2D eigenvalue weighted by atomic mass is 15.1. The Kier molecular flexibility index (Phi) is 15.4. The first-order valence-corrected chi connectivity index (χ1v) is 4.54. The second-order valence-electron chi connectivity index (χ2n) is 2.86. The van der Waals surface area contributed by atoms with E-state index in [1.807, 2.05) is 0 Å². The molecule has 0 amide bonds. The van der Waals surface area contributed by atoms with E-state index in [-0.39, 0.29) is 0 Å². The SMILES string of the molecule is CCC.CCNCCN(C)C. The summed E-state index contributed by atoms with van der Waals surface area (Å²) in [7, 11) is 4.16. The van der Waals surface area contributed by atoms with Gasteiger partial charge in [0.2, 0.25) is 0 Å². The maximum atomic E-state index is 3.24. The molecule has 70 valence electrons. The molecule has 0 aliphatic rings. The summed E-state index contributed by atoms with van der Waals surface area (Å²) in [4.78, 5) is 2.17. The van der Waals surface area contributed by atoms with Crippen LogP contribution < -0.4 is 5.32 Å². The van der Waals surface area contributed by atoms with Gasteiger partial charge >= 0.3 is 0 Å². The number of nitrogens with one attached hydrogen (secondary N) is 1. The molecule has 0 aliphatic heterocycles. The molecule has 0 aromatic rings. The Morgan fingerprint density at radius 3 is 1.82 bits per heavy atom. The number of hydrogen-bond donors (Lipinski definition) is 1. The standard InChI is InChI=1S/C6H16N2.C3H8/c1-4-7-5-6-8(2)3;1-3-2/h7H,4-6H2,1-3H3;3H2,1-2H3. The Balaban J connectivity index is 0. The van der Waals surface area contributed by atoms with Crippen molar-refractivity contribution in [3.8, 4) is 0 Å². The van der Waals surface area contributed by atoms with Crippen molar-refractivity contribution in [1.82, 2.24) is 10.2 Å². The third-order valence-corrected chi connectivity index (χ3v) is 0.986. The van der Waals surface area contributed by atoms with Gasteiger partial charge in [-0.05, 0) is 20.6 Å². The Labute approximate surface area is 72.0 Å². The van der Waals surface area contributed by atoms with Crippen molar-refractivity contribution >= 4 is 0 Å². The molecule has 0 aliphatic carbocycles. The van der Waals surface area contributed by atoms with E-state index in [1.54, 1.807) is 0 Å². The van der Waals surface area contributed by atoms with Crippen LogP contribution in [0.15, 0.2) is 0 Å². The molecule has 0 spiro atoms. The Hall–Kier alpha value is -0.0800. The van der Waals surface area contributed by atoms with Crippen molar-refractivity contribution in [3.05, 3.63) is 0 Å². The maximum absolute atomic E-state index is 3.24. The molecule has 1 N–H and O–H groups in total. The van der Waals surface area contributed by atoms with Gasteiger partial charge in [-0.15, -0.1) is 0 Å². The number of rotatable bonds is 4. The topological polar surface area (TPSA) is 15.3 Å². The van der Waals surface area contributed by atoms with Crippen molar-refractivity contribution in [2.75, 3.05) is 33.7 Å². The molecule has 11 heavy (non-hydrogen) atoms. The van der Waals surface area contributed by atoms with Crippen LogP contribution in [0.25, 0.3) is 0 Å². The Morgan fingerprint density at radius 2 is 1.55 bits per heavy atom. The molecule has 0 aromatic heterocycles. The summed E-state index contributed by atoms with van der Waals surface area (Å²) >= 11 is 0. The van der Waals surface area contributed by atoms with Crippen LogP contribution in [0, 0.1) is 0 Å². The van der Waals surface area contributed by atoms with Gasteiger partial charge in [-0.25, -0.2) is 0 Å². The average molecular weight is 160 g/mol. The van der Waals surface area contributed by atoms with Gasteiger partial charge in [0.25, 0.3) is 0 Å². The summed E-state index contributed by atoms with van der Waals surface area (Å²) in [6.07, 6.45) is 1.25. The summed E-state index contributed by atoms with van der Waals surface area (Å²) in [6.45, 7) is 9.68.